The van der Waals surface area contributed by atoms with Gasteiger partial charge in [-0.15, -0.1) is 0 Å². The average molecular weight is 373 g/mol. The standard InChI is InChI=1S/Co.Cu.Fe.Pt. The molecule has 0 spiro atoms. The molecule has 0 nitrogen and oxygen atoms in total. The van der Waals surface area contributed by atoms with Crippen LogP contribution in [0.15, 0.2) is 0 Å². The van der Waals surface area contributed by atoms with Crippen LogP contribution in [-0.4, -0.2) is 0 Å². The van der Waals surface area contributed by atoms with Crippen LogP contribution in [0.1, 0.15) is 0 Å². The molecular weight excluding hydrogens is 373 g/mol. The average Bonchev–Trinajstić information content (AvgIpc) is 0. The molecule has 0 N–H and O–H groups in total. The molecule has 0 aromatic heterocycles. The summed E-state index contributed by atoms with van der Waals surface area (Å²) in [4.78, 5) is 0. The first-order chi connectivity index (χ1) is 0. The van der Waals surface area contributed by atoms with E-state index in [9.17, 15) is 0 Å². The zero-order valence-electron chi connectivity index (χ0n) is 1.30. The molecule has 0 atom stereocenters. The van der Waals surface area contributed by atoms with Crippen LogP contribution in [0.4, 0.5) is 0 Å². The molecule has 0 amide bonds. The van der Waals surface area contributed by atoms with Gasteiger partial charge >= 0.3 is 0 Å². The van der Waals surface area contributed by atoms with Crippen LogP contribution in [0.2, 0.25) is 0 Å². The molecule has 38 valence electrons. The summed E-state index contributed by atoms with van der Waals surface area (Å²) >= 11 is 0. The SMILES string of the molecule is [Co].[Cu].[Fe].[Pt]. The van der Waals surface area contributed by atoms with E-state index in [1.165, 1.54) is 0 Å². The van der Waals surface area contributed by atoms with Gasteiger partial charge < -0.3 is 0 Å². The van der Waals surface area contributed by atoms with Gasteiger partial charge in [0.2, 0.25) is 0 Å². The number of hydrogen-bond acceptors (Lipinski definition) is 0. The van der Waals surface area contributed by atoms with Gasteiger partial charge in [0.15, 0.2) is 0 Å². The molecule has 0 rings (SSSR count). The van der Waals surface area contributed by atoms with E-state index in [1.54, 1.807) is 0 Å². The van der Waals surface area contributed by atoms with Crippen LogP contribution < -0.4 is 0 Å². The molecule has 0 unspecified atom stereocenters. The minimum Gasteiger partial charge on any atom is 0 e. The first kappa shape index (κ1) is 34.2. The number of hydrogen-bond donors (Lipinski definition) is 0. The largest absolute Gasteiger partial charge is 0 e. The van der Waals surface area contributed by atoms with Gasteiger partial charge in [-0.05, 0) is 0 Å². The van der Waals surface area contributed by atoms with Gasteiger partial charge in [0.25, 0.3) is 0 Å². The fourth-order valence-electron chi connectivity index (χ4n) is 0. The minimum absolute atomic E-state index is 0. The molecule has 0 saturated heterocycles. The van der Waals surface area contributed by atoms with Gasteiger partial charge in [0, 0.05) is 72.0 Å². The van der Waals surface area contributed by atoms with Crippen molar-refractivity contribution >= 4 is 0 Å². The zero-order valence-corrected chi connectivity index (χ0v) is 6.66. The fourth-order valence-corrected chi connectivity index (χ4v) is 0. The Hall–Kier alpha value is 2.23. The normalized spacial score (nSPS) is 0. The summed E-state index contributed by atoms with van der Waals surface area (Å²) in [6.45, 7) is 0. The van der Waals surface area contributed by atoms with Crippen LogP contribution in [0.5, 0.6) is 0 Å². The summed E-state index contributed by atoms with van der Waals surface area (Å²) in [7, 11) is 0. The Morgan fingerprint density at radius 2 is 1.00 bits per heavy atom. The Bertz CT molecular complexity index is 8.00. The van der Waals surface area contributed by atoms with E-state index in [0.29, 0.717) is 0 Å². The molecule has 0 aliphatic heterocycles. The molecule has 0 aliphatic carbocycles. The molecular formula is CoCuFePt. The maximum absolute atomic E-state index is 0. The van der Waals surface area contributed by atoms with Crippen LogP contribution in [0.25, 0.3) is 0 Å². The third kappa shape index (κ3) is 8.87. The second-order valence-electron chi connectivity index (χ2n) is 0. The maximum Gasteiger partial charge on any atom is 0 e. The quantitative estimate of drug-likeness (QED) is 0.524. The van der Waals surface area contributed by atoms with Crippen molar-refractivity contribution in [1.29, 1.82) is 0 Å². The van der Waals surface area contributed by atoms with E-state index in [1.807, 2.05) is 0 Å². The van der Waals surface area contributed by atoms with Crippen molar-refractivity contribution in [3.05, 3.63) is 0 Å². The topological polar surface area (TPSA) is 0 Å². The van der Waals surface area contributed by atoms with Gasteiger partial charge in [-0.25, -0.2) is 0 Å². The number of rotatable bonds is 0. The predicted octanol–water partition coefficient (Wildman–Crippen LogP) is -0.0100. The van der Waals surface area contributed by atoms with Crippen LogP contribution in [-0.2, 0) is 72.0 Å². The molecule has 2 radical (unpaired) electrons. The third-order valence-electron chi connectivity index (χ3n) is 0. The first-order valence-electron chi connectivity index (χ1n) is 0. The molecule has 0 saturated carbocycles. The Morgan fingerprint density at radius 3 is 1.00 bits per heavy atom. The smallest absolute Gasteiger partial charge is 0 e. The fraction of sp³-hybridized carbons (Fsp3) is 0. The van der Waals surface area contributed by atoms with E-state index in [4.69, 9.17) is 0 Å². The van der Waals surface area contributed by atoms with Gasteiger partial charge in [0.05, 0.1) is 0 Å². The van der Waals surface area contributed by atoms with E-state index < -0.39 is 0 Å². The van der Waals surface area contributed by atoms with Crippen molar-refractivity contribution in [2.24, 2.45) is 0 Å². The van der Waals surface area contributed by atoms with Crippen molar-refractivity contribution in [2.75, 3.05) is 0 Å². The van der Waals surface area contributed by atoms with Crippen molar-refractivity contribution < 1.29 is 72.0 Å². The summed E-state index contributed by atoms with van der Waals surface area (Å²) in [6, 6.07) is 0. The Kier molecular flexibility index (Phi) is 161. The summed E-state index contributed by atoms with van der Waals surface area (Å²) < 4.78 is 0. The van der Waals surface area contributed by atoms with Crippen molar-refractivity contribution in [3.63, 3.8) is 0 Å². The van der Waals surface area contributed by atoms with Crippen molar-refractivity contribution in [3.8, 4) is 0 Å². The van der Waals surface area contributed by atoms with Gasteiger partial charge in [-0.1, -0.05) is 0 Å². The monoisotopic (exact) mass is 373 g/mol. The molecule has 0 fully saturated rings. The Balaban J connectivity index is 0. The first-order valence-corrected chi connectivity index (χ1v) is 0. The summed E-state index contributed by atoms with van der Waals surface area (Å²) in [5.41, 5.74) is 0. The maximum atomic E-state index is 0. The van der Waals surface area contributed by atoms with Crippen molar-refractivity contribution in [2.45, 2.75) is 0 Å². The van der Waals surface area contributed by atoms with Gasteiger partial charge in [0.1, 0.15) is 0 Å². The second kappa shape index (κ2) is 18.8. The molecule has 0 aliphatic rings. The zero-order chi connectivity index (χ0) is 0. The van der Waals surface area contributed by atoms with Crippen LogP contribution in [0, 0.1) is 0 Å². The van der Waals surface area contributed by atoms with E-state index in [2.05, 4.69) is 0 Å². The van der Waals surface area contributed by atoms with Gasteiger partial charge in [-0.3, -0.25) is 0 Å². The van der Waals surface area contributed by atoms with Crippen LogP contribution in [0.3, 0.4) is 0 Å². The summed E-state index contributed by atoms with van der Waals surface area (Å²) in [5.74, 6) is 0. The second-order valence-corrected chi connectivity index (χ2v) is 0. The molecule has 0 aromatic carbocycles. The summed E-state index contributed by atoms with van der Waals surface area (Å²) in [6.07, 6.45) is 0. The Morgan fingerprint density at radius 1 is 1.00 bits per heavy atom. The molecule has 4 heavy (non-hydrogen) atoms. The molecule has 0 heterocycles. The molecule has 0 bridgehead atoms. The molecule has 4 heteroatoms. The summed E-state index contributed by atoms with van der Waals surface area (Å²) in [5, 5.41) is 0. The van der Waals surface area contributed by atoms with Gasteiger partial charge in [-0.2, -0.15) is 0 Å². The minimum atomic E-state index is 0. The predicted molar refractivity (Wildman–Crippen MR) is 0 cm³/mol. The van der Waals surface area contributed by atoms with E-state index >= 15 is 0 Å². The van der Waals surface area contributed by atoms with E-state index in [-0.39, 0.29) is 72.0 Å². The Labute approximate surface area is 71.3 Å². The third-order valence-corrected chi connectivity index (χ3v) is 0. The van der Waals surface area contributed by atoms with E-state index in [0.717, 1.165) is 0 Å². The molecule has 0 aromatic rings. The van der Waals surface area contributed by atoms with Crippen LogP contribution >= 0.6 is 0 Å². The van der Waals surface area contributed by atoms with Crippen molar-refractivity contribution in [1.82, 2.24) is 0 Å².